The van der Waals surface area contributed by atoms with Gasteiger partial charge in [0, 0.05) is 18.9 Å². The van der Waals surface area contributed by atoms with E-state index in [1.54, 1.807) is 24.3 Å². The van der Waals surface area contributed by atoms with E-state index < -0.39 is 42.5 Å². The number of aliphatic carboxylic acids is 1. The number of amides is 2. The van der Waals surface area contributed by atoms with E-state index in [9.17, 15) is 19.5 Å². The number of ether oxygens (including phenoxy) is 1. The van der Waals surface area contributed by atoms with Crippen molar-refractivity contribution < 1.29 is 29.3 Å². The first-order valence-corrected chi connectivity index (χ1v) is 8.35. The van der Waals surface area contributed by atoms with Crippen LogP contribution >= 0.6 is 0 Å². The van der Waals surface area contributed by atoms with Crippen LogP contribution in [-0.4, -0.2) is 46.9 Å². The lowest BCUT2D eigenvalue weighted by Crippen LogP contribution is -2.46. The van der Waals surface area contributed by atoms with Gasteiger partial charge in [-0.25, -0.2) is 9.59 Å². The molecule has 4 N–H and O–H groups in total. The molecule has 1 aromatic rings. The van der Waals surface area contributed by atoms with Crippen LogP contribution in [0.4, 0.5) is 4.79 Å². The Balaban J connectivity index is 2.34. The van der Waals surface area contributed by atoms with Crippen molar-refractivity contribution in [2.45, 2.75) is 38.5 Å². The summed E-state index contributed by atoms with van der Waals surface area (Å²) in [7, 11) is 0. The summed E-state index contributed by atoms with van der Waals surface area (Å²) in [5.74, 6) is -2.54. The number of nitrogens with zero attached hydrogens (tertiary/aromatic N) is 1. The molecule has 0 unspecified atom stereocenters. The van der Waals surface area contributed by atoms with Crippen molar-refractivity contribution in [2.75, 3.05) is 6.54 Å². The molecular weight excluding hydrogens is 354 g/mol. The van der Waals surface area contributed by atoms with Gasteiger partial charge >= 0.3 is 12.1 Å². The summed E-state index contributed by atoms with van der Waals surface area (Å²) >= 11 is 0. The summed E-state index contributed by atoms with van der Waals surface area (Å²) in [5, 5.41) is 32.2. The molecule has 0 heterocycles. The van der Waals surface area contributed by atoms with Crippen molar-refractivity contribution in [1.29, 1.82) is 5.26 Å². The Hall–Kier alpha value is -3.12. The molecule has 146 valence electrons. The third-order valence-corrected chi connectivity index (χ3v) is 3.68. The normalized spacial score (nSPS) is 13.5. The van der Waals surface area contributed by atoms with Crippen molar-refractivity contribution in [1.82, 2.24) is 10.6 Å². The molecule has 1 rings (SSSR count). The van der Waals surface area contributed by atoms with Gasteiger partial charge in [-0.15, -0.1) is 0 Å². The third-order valence-electron chi connectivity index (χ3n) is 3.68. The highest BCUT2D eigenvalue weighted by molar-refractivity contribution is 5.84. The zero-order valence-corrected chi connectivity index (χ0v) is 14.9. The number of aliphatic hydroxyl groups excluding tert-OH is 1. The first-order chi connectivity index (χ1) is 12.8. The average molecular weight is 377 g/mol. The number of aliphatic hydroxyl groups is 1. The number of nitriles is 1. The fourth-order valence-electron chi connectivity index (χ4n) is 2.20. The lowest BCUT2D eigenvalue weighted by molar-refractivity contribution is -0.143. The predicted octanol–water partition coefficient (Wildman–Crippen LogP) is 0.783. The lowest BCUT2D eigenvalue weighted by Gasteiger charge is -2.20. The van der Waals surface area contributed by atoms with Gasteiger partial charge in [-0.05, 0) is 5.56 Å². The van der Waals surface area contributed by atoms with E-state index in [0.717, 1.165) is 5.56 Å². The van der Waals surface area contributed by atoms with Crippen molar-refractivity contribution >= 4 is 18.0 Å². The van der Waals surface area contributed by atoms with Crippen molar-refractivity contribution in [2.24, 2.45) is 5.92 Å². The maximum atomic E-state index is 11.9. The highest BCUT2D eigenvalue weighted by Crippen LogP contribution is 2.08. The smallest absolute Gasteiger partial charge is 0.407 e. The average Bonchev–Trinajstić information content (AvgIpc) is 2.63. The number of alkyl carbamates (subject to hydrolysis) is 1. The largest absolute Gasteiger partial charge is 0.480 e. The van der Waals surface area contributed by atoms with Gasteiger partial charge < -0.3 is 25.6 Å². The molecule has 27 heavy (non-hydrogen) atoms. The molecule has 3 atom stereocenters. The number of nitrogens with one attached hydrogen (secondary N) is 2. The van der Waals surface area contributed by atoms with Gasteiger partial charge in [0.2, 0.25) is 5.91 Å². The Morgan fingerprint density at radius 3 is 2.52 bits per heavy atom. The number of carbonyl (C=O) groups is 3. The molecule has 0 aromatic heterocycles. The number of benzene rings is 1. The van der Waals surface area contributed by atoms with Crippen LogP contribution in [0.3, 0.4) is 0 Å². The number of carboxylic acids is 1. The van der Waals surface area contributed by atoms with Crippen LogP contribution in [-0.2, 0) is 20.9 Å². The second-order valence-electron chi connectivity index (χ2n) is 6.02. The number of carboxylic acid groups (broad SMARTS) is 1. The van der Waals surface area contributed by atoms with E-state index in [1.165, 1.54) is 6.92 Å². The number of hydrogen-bond acceptors (Lipinski definition) is 6. The first-order valence-electron chi connectivity index (χ1n) is 8.35. The zero-order chi connectivity index (χ0) is 20.2. The molecule has 0 spiro atoms. The van der Waals surface area contributed by atoms with E-state index in [2.05, 4.69) is 10.6 Å². The summed E-state index contributed by atoms with van der Waals surface area (Å²) in [6, 6.07) is 9.65. The minimum absolute atomic E-state index is 0.0331. The fraction of sp³-hybridized carbons (Fsp3) is 0.444. The molecule has 9 heteroatoms. The predicted molar refractivity (Wildman–Crippen MR) is 94.2 cm³/mol. The minimum atomic E-state index is -1.26. The lowest BCUT2D eigenvalue weighted by atomic mass is 9.99. The van der Waals surface area contributed by atoms with Crippen LogP contribution in [0.25, 0.3) is 0 Å². The quantitative estimate of drug-likeness (QED) is 0.471. The minimum Gasteiger partial charge on any atom is -0.480 e. The summed E-state index contributed by atoms with van der Waals surface area (Å²) < 4.78 is 4.97. The summed E-state index contributed by atoms with van der Waals surface area (Å²) in [5.41, 5.74) is 0.804. The number of hydrogen-bond donors (Lipinski definition) is 4. The third kappa shape index (κ3) is 8.69. The van der Waals surface area contributed by atoms with Gasteiger partial charge in [0.05, 0.1) is 18.6 Å². The van der Waals surface area contributed by atoms with Crippen LogP contribution in [0.2, 0.25) is 0 Å². The number of rotatable bonds is 10. The van der Waals surface area contributed by atoms with Gasteiger partial charge in [-0.3, -0.25) is 4.79 Å². The maximum absolute atomic E-state index is 11.9. The van der Waals surface area contributed by atoms with Crippen molar-refractivity contribution in [3.05, 3.63) is 35.9 Å². The fourth-order valence-corrected chi connectivity index (χ4v) is 2.20. The van der Waals surface area contributed by atoms with Crippen LogP contribution in [0.15, 0.2) is 30.3 Å². The van der Waals surface area contributed by atoms with Crippen LogP contribution in [0, 0.1) is 17.2 Å². The van der Waals surface area contributed by atoms with E-state index in [1.807, 2.05) is 12.1 Å². The van der Waals surface area contributed by atoms with E-state index in [4.69, 9.17) is 15.1 Å². The SMILES string of the molecule is C[C@H](CC#N)[C@@H](NC(=O)C[C@H](O)CNC(=O)OCc1ccccc1)C(=O)O. The Bertz CT molecular complexity index is 673. The number of carbonyl (C=O) groups excluding carboxylic acids is 2. The second kappa shape index (κ2) is 11.5. The van der Waals surface area contributed by atoms with Gasteiger partial charge in [-0.1, -0.05) is 37.3 Å². The molecule has 0 aliphatic carbocycles. The maximum Gasteiger partial charge on any atom is 0.407 e. The highest BCUT2D eigenvalue weighted by Gasteiger charge is 2.27. The molecule has 0 fully saturated rings. The zero-order valence-electron chi connectivity index (χ0n) is 14.9. The molecule has 2 amide bonds. The molecule has 0 bridgehead atoms. The van der Waals surface area contributed by atoms with Crippen molar-refractivity contribution in [3.8, 4) is 6.07 Å². The molecule has 0 saturated carbocycles. The Labute approximate surface area is 156 Å². The molecule has 1 aromatic carbocycles. The molecule has 0 saturated heterocycles. The molecule has 0 radical (unpaired) electrons. The molecule has 0 aliphatic rings. The van der Waals surface area contributed by atoms with E-state index >= 15 is 0 Å². The Morgan fingerprint density at radius 1 is 1.26 bits per heavy atom. The molecule has 9 nitrogen and oxygen atoms in total. The monoisotopic (exact) mass is 377 g/mol. The van der Waals surface area contributed by atoms with E-state index in [-0.39, 0.29) is 19.6 Å². The second-order valence-corrected chi connectivity index (χ2v) is 6.02. The summed E-state index contributed by atoms with van der Waals surface area (Å²) in [6.07, 6.45) is -2.39. The topological polar surface area (TPSA) is 149 Å². The molecule has 0 aliphatic heterocycles. The standard InChI is InChI=1S/C18H23N3O6/c1-12(7-8-19)16(17(24)25)21-15(23)9-14(22)10-20-18(26)27-11-13-5-3-2-4-6-13/h2-6,12,14,16,22H,7,9-11H2,1H3,(H,20,26)(H,21,23)(H,24,25)/t12-,14+,16-/m1/s1. The Morgan fingerprint density at radius 2 is 1.93 bits per heavy atom. The van der Waals surface area contributed by atoms with Crippen LogP contribution in [0.5, 0.6) is 0 Å². The molecular formula is C18H23N3O6. The van der Waals surface area contributed by atoms with Crippen LogP contribution in [0.1, 0.15) is 25.3 Å². The Kier molecular flexibility index (Phi) is 9.33. The summed E-state index contributed by atoms with van der Waals surface area (Å²) in [4.78, 5) is 34.6. The van der Waals surface area contributed by atoms with Gasteiger partial charge in [0.1, 0.15) is 12.6 Å². The van der Waals surface area contributed by atoms with Gasteiger partial charge in [0.15, 0.2) is 0 Å². The van der Waals surface area contributed by atoms with Crippen LogP contribution < -0.4 is 10.6 Å². The van der Waals surface area contributed by atoms with Crippen molar-refractivity contribution in [3.63, 3.8) is 0 Å². The highest BCUT2D eigenvalue weighted by atomic mass is 16.5. The van der Waals surface area contributed by atoms with Gasteiger partial charge in [0.25, 0.3) is 0 Å². The van der Waals surface area contributed by atoms with Gasteiger partial charge in [-0.2, -0.15) is 5.26 Å². The summed E-state index contributed by atoms with van der Waals surface area (Å²) in [6.45, 7) is 1.37. The van der Waals surface area contributed by atoms with E-state index in [0.29, 0.717) is 0 Å². The first kappa shape index (κ1) is 21.9.